The zero-order valence-corrected chi connectivity index (χ0v) is 12.0. The van der Waals surface area contributed by atoms with Crippen LogP contribution in [0.2, 0.25) is 0 Å². The van der Waals surface area contributed by atoms with Gasteiger partial charge in [-0.05, 0) is 37.4 Å². The maximum absolute atomic E-state index is 11.9. The van der Waals surface area contributed by atoms with Gasteiger partial charge in [-0.1, -0.05) is 6.07 Å². The van der Waals surface area contributed by atoms with Crippen LogP contribution in [0, 0.1) is 13.8 Å². The molecule has 0 saturated carbocycles. The van der Waals surface area contributed by atoms with Crippen LogP contribution in [0.25, 0.3) is 0 Å². The van der Waals surface area contributed by atoms with Crippen molar-refractivity contribution in [1.82, 2.24) is 9.29 Å². The summed E-state index contributed by atoms with van der Waals surface area (Å²) in [4.78, 5) is 0. The molecule has 0 aliphatic heterocycles. The molecule has 0 bridgehead atoms. The maximum atomic E-state index is 11.9. The Kier molecular flexibility index (Phi) is 3.89. The molecule has 0 amide bonds. The van der Waals surface area contributed by atoms with Crippen LogP contribution in [-0.4, -0.2) is 19.5 Å². The highest BCUT2D eigenvalue weighted by molar-refractivity contribution is 7.91. The summed E-state index contributed by atoms with van der Waals surface area (Å²) in [5.74, 6) is 0. The van der Waals surface area contributed by atoms with Crippen molar-refractivity contribution in [2.75, 3.05) is 6.54 Å². The summed E-state index contributed by atoms with van der Waals surface area (Å²) >= 11 is 1.23. The van der Waals surface area contributed by atoms with Crippen LogP contribution in [0.3, 0.4) is 0 Å². The van der Waals surface area contributed by atoms with Crippen LogP contribution in [0.4, 0.5) is 0 Å². The van der Waals surface area contributed by atoms with Gasteiger partial charge in [0.15, 0.2) is 0 Å². The SMILES string of the molecule is Cc1ccc(C)n1CCNS(=O)(=O)c1cccs1. The summed E-state index contributed by atoms with van der Waals surface area (Å²) < 4.78 is 28.8. The van der Waals surface area contributed by atoms with Crippen LogP contribution in [-0.2, 0) is 16.6 Å². The number of rotatable bonds is 5. The van der Waals surface area contributed by atoms with E-state index in [1.807, 2.05) is 26.0 Å². The minimum Gasteiger partial charge on any atom is -0.348 e. The van der Waals surface area contributed by atoms with Gasteiger partial charge >= 0.3 is 0 Å². The van der Waals surface area contributed by atoms with E-state index in [1.54, 1.807) is 17.5 Å². The van der Waals surface area contributed by atoms with Gasteiger partial charge < -0.3 is 4.57 Å². The molecule has 0 aromatic carbocycles. The quantitative estimate of drug-likeness (QED) is 0.914. The van der Waals surface area contributed by atoms with Crippen LogP contribution in [0.5, 0.6) is 0 Å². The lowest BCUT2D eigenvalue weighted by atomic mass is 10.5. The number of aromatic nitrogens is 1. The second-order valence-electron chi connectivity index (χ2n) is 4.10. The molecule has 0 aliphatic rings. The first-order valence-corrected chi connectivity index (χ1v) is 8.03. The average molecular weight is 284 g/mol. The van der Waals surface area contributed by atoms with Gasteiger partial charge in [-0.25, -0.2) is 13.1 Å². The third kappa shape index (κ3) is 2.82. The number of sulfonamides is 1. The van der Waals surface area contributed by atoms with Crippen LogP contribution in [0.1, 0.15) is 11.4 Å². The fourth-order valence-electron chi connectivity index (χ4n) is 1.83. The lowest BCUT2D eigenvalue weighted by Crippen LogP contribution is -2.27. The monoisotopic (exact) mass is 284 g/mol. The highest BCUT2D eigenvalue weighted by atomic mass is 32.2. The van der Waals surface area contributed by atoms with E-state index in [4.69, 9.17) is 0 Å². The first kappa shape index (κ1) is 13.3. The summed E-state index contributed by atoms with van der Waals surface area (Å²) in [6.45, 7) is 5.08. The van der Waals surface area contributed by atoms with Crippen molar-refractivity contribution < 1.29 is 8.42 Å². The summed E-state index contributed by atoms with van der Waals surface area (Å²) in [6, 6.07) is 7.41. The Morgan fingerprint density at radius 1 is 1.22 bits per heavy atom. The Balaban J connectivity index is 1.98. The fraction of sp³-hybridized carbons (Fsp3) is 0.333. The Morgan fingerprint density at radius 3 is 2.44 bits per heavy atom. The molecule has 0 saturated heterocycles. The third-order valence-corrected chi connectivity index (χ3v) is 5.66. The van der Waals surface area contributed by atoms with Gasteiger partial charge in [-0.2, -0.15) is 0 Å². The maximum Gasteiger partial charge on any atom is 0.250 e. The van der Waals surface area contributed by atoms with E-state index in [2.05, 4.69) is 9.29 Å². The molecular formula is C12H16N2O2S2. The van der Waals surface area contributed by atoms with Crippen molar-refractivity contribution in [1.29, 1.82) is 0 Å². The largest absolute Gasteiger partial charge is 0.348 e. The normalized spacial score (nSPS) is 11.9. The predicted octanol–water partition coefficient (Wildman–Crippen LogP) is 2.14. The van der Waals surface area contributed by atoms with Gasteiger partial charge in [0.05, 0.1) is 0 Å². The molecule has 0 spiro atoms. The molecule has 0 atom stereocenters. The second-order valence-corrected chi connectivity index (χ2v) is 7.04. The van der Waals surface area contributed by atoms with E-state index in [1.165, 1.54) is 11.3 Å². The van der Waals surface area contributed by atoms with Crippen molar-refractivity contribution in [3.8, 4) is 0 Å². The van der Waals surface area contributed by atoms with Crippen LogP contribution in [0.15, 0.2) is 33.9 Å². The first-order chi connectivity index (χ1) is 8.50. The third-order valence-electron chi connectivity index (χ3n) is 2.80. The van der Waals surface area contributed by atoms with Gasteiger partial charge in [-0.3, -0.25) is 0 Å². The van der Waals surface area contributed by atoms with Crippen molar-refractivity contribution in [2.24, 2.45) is 0 Å². The molecule has 2 heterocycles. The molecular weight excluding hydrogens is 268 g/mol. The fourth-order valence-corrected chi connectivity index (χ4v) is 3.89. The summed E-state index contributed by atoms with van der Waals surface area (Å²) in [5.41, 5.74) is 2.28. The predicted molar refractivity (Wildman–Crippen MR) is 73.4 cm³/mol. The van der Waals surface area contributed by atoms with E-state index in [9.17, 15) is 8.42 Å². The summed E-state index contributed by atoms with van der Waals surface area (Å²) in [7, 11) is -3.34. The van der Waals surface area contributed by atoms with E-state index in [0.717, 1.165) is 11.4 Å². The molecule has 4 nitrogen and oxygen atoms in total. The lowest BCUT2D eigenvalue weighted by Gasteiger charge is -2.10. The molecule has 2 aromatic heterocycles. The molecule has 0 radical (unpaired) electrons. The molecule has 18 heavy (non-hydrogen) atoms. The van der Waals surface area contributed by atoms with E-state index in [0.29, 0.717) is 17.3 Å². The zero-order chi connectivity index (χ0) is 13.2. The Labute approximate surface area is 111 Å². The van der Waals surface area contributed by atoms with Gasteiger partial charge in [0.25, 0.3) is 0 Å². The van der Waals surface area contributed by atoms with Crippen molar-refractivity contribution in [3.63, 3.8) is 0 Å². The van der Waals surface area contributed by atoms with Crippen LogP contribution >= 0.6 is 11.3 Å². The standard InChI is InChI=1S/C12H16N2O2S2/c1-10-5-6-11(2)14(10)8-7-13-18(15,16)12-4-3-9-17-12/h3-6,9,13H,7-8H2,1-2H3. The summed E-state index contributed by atoms with van der Waals surface area (Å²) in [6.07, 6.45) is 0. The zero-order valence-electron chi connectivity index (χ0n) is 10.4. The molecule has 1 N–H and O–H groups in total. The van der Waals surface area contributed by atoms with Gasteiger partial charge in [0, 0.05) is 24.5 Å². The topological polar surface area (TPSA) is 51.1 Å². The minimum atomic E-state index is -3.34. The molecule has 0 unspecified atom stereocenters. The number of aryl methyl sites for hydroxylation is 2. The van der Waals surface area contributed by atoms with Crippen molar-refractivity contribution in [2.45, 2.75) is 24.6 Å². The first-order valence-electron chi connectivity index (χ1n) is 5.66. The molecule has 2 aromatic rings. The van der Waals surface area contributed by atoms with Gasteiger partial charge in [0.1, 0.15) is 4.21 Å². The number of hydrogen-bond donors (Lipinski definition) is 1. The second kappa shape index (κ2) is 5.26. The Morgan fingerprint density at radius 2 is 1.89 bits per heavy atom. The molecule has 6 heteroatoms. The van der Waals surface area contributed by atoms with Crippen molar-refractivity contribution >= 4 is 21.4 Å². The number of nitrogens with one attached hydrogen (secondary N) is 1. The Bertz CT molecular complexity index is 593. The smallest absolute Gasteiger partial charge is 0.250 e. The Hall–Kier alpha value is -1.11. The van der Waals surface area contributed by atoms with Gasteiger partial charge in [0.2, 0.25) is 10.0 Å². The number of hydrogen-bond acceptors (Lipinski definition) is 3. The van der Waals surface area contributed by atoms with E-state index < -0.39 is 10.0 Å². The number of thiophene rings is 1. The molecule has 0 aliphatic carbocycles. The molecule has 98 valence electrons. The van der Waals surface area contributed by atoms with Crippen molar-refractivity contribution in [3.05, 3.63) is 41.0 Å². The van der Waals surface area contributed by atoms with Crippen LogP contribution < -0.4 is 4.72 Å². The van der Waals surface area contributed by atoms with E-state index >= 15 is 0 Å². The molecule has 2 rings (SSSR count). The average Bonchev–Trinajstić information content (AvgIpc) is 2.93. The highest BCUT2D eigenvalue weighted by Crippen LogP contribution is 2.15. The molecule has 0 fully saturated rings. The van der Waals surface area contributed by atoms with E-state index in [-0.39, 0.29) is 0 Å². The summed E-state index contributed by atoms with van der Waals surface area (Å²) in [5, 5.41) is 1.76. The lowest BCUT2D eigenvalue weighted by molar-refractivity contribution is 0.571. The van der Waals surface area contributed by atoms with Gasteiger partial charge in [-0.15, -0.1) is 11.3 Å². The highest BCUT2D eigenvalue weighted by Gasteiger charge is 2.14. The minimum absolute atomic E-state index is 0.364. The number of nitrogens with zero attached hydrogens (tertiary/aromatic N) is 1.